The summed E-state index contributed by atoms with van der Waals surface area (Å²) < 4.78 is 0. The second-order valence-corrected chi connectivity index (χ2v) is 4.27. The van der Waals surface area contributed by atoms with Gasteiger partial charge in [-0.2, -0.15) is 0 Å². The molecule has 2 heterocycles. The highest BCUT2D eigenvalue weighted by molar-refractivity contribution is 5.09. The summed E-state index contributed by atoms with van der Waals surface area (Å²) in [5.74, 6) is 0. The third-order valence-corrected chi connectivity index (χ3v) is 3.08. The first-order valence-electron chi connectivity index (χ1n) is 5.66. The highest BCUT2D eigenvalue weighted by Crippen LogP contribution is 2.11. The maximum absolute atomic E-state index is 4.03. The van der Waals surface area contributed by atoms with Gasteiger partial charge < -0.3 is 5.32 Å². The van der Waals surface area contributed by atoms with Crippen molar-refractivity contribution in [1.29, 1.82) is 0 Å². The number of piperidine rings is 1. The first-order valence-corrected chi connectivity index (χ1v) is 5.66. The Balaban J connectivity index is 1.88. The molecule has 1 aliphatic heterocycles. The van der Waals surface area contributed by atoms with E-state index in [1.165, 1.54) is 24.9 Å². The predicted molar refractivity (Wildman–Crippen MR) is 61.6 cm³/mol. The highest BCUT2D eigenvalue weighted by Gasteiger charge is 2.17. The van der Waals surface area contributed by atoms with Crippen LogP contribution in [0.4, 0.5) is 0 Å². The zero-order chi connectivity index (χ0) is 10.5. The molecule has 3 heteroatoms. The maximum atomic E-state index is 4.03. The summed E-state index contributed by atoms with van der Waals surface area (Å²) in [6.45, 7) is 3.33. The number of likely N-dealkylation sites (N-methyl/N-ethyl adjacent to an activating group) is 1. The van der Waals surface area contributed by atoms with Crippen molar-refractivity contribution in [2.45, 2.75) is 25.4 Å². The molecule has 1 aromatic heterocycles. The Morgan fingerprint density at radius 1 is 1.47 bits per heavy atom. The molecule has 0 radical (unpaired) electrons. The van der Waals surface area contributed by atoms with Crippen molar-refractivity contribution < 1.29 is 0 Å². The number of nitrogens with zero attached hydrogens (tertiary/aromatic N) is 2. The molecule has 0 aliphatic carbocycles. The monoisotopic (exact) mass is 205 g/mol. The summed E-state index contributed by atoms with van der Waals surface area (Å²) in [7, 11) is 2.21. The van der Waals surface area contributed by atoms with Gasteiger partial charge in [-0.05, 0) is 44.1 Å². The second kappa shape index (κ2) is 5.24. The van der Waals surface area contributed by atoms with E-state index in [1.54, 1.807) is 0 Å². The lowest BCUT2D eigenvalue weighted by atomic mass is 10.1. The van der Waals surface area contributed by atoms with Gasteiger partial charge in [0.1, 0.15) is 0 Å². The van der Waals surface area contributed by atoms with E-state index >= 15 is 0 Å². The molecule has 0 saturated carbocycles. The van der Waals surface area contributed by atoms with E-state index in [2.05, 4.69) is 34.4 Å². The Morgan fingerprint density at radius 3 is 2.93 bits per heavy atom. The Labute approximate surface area is 91.5 Å². The Kier molecular flexibility index (Phi) is 3.69. The van der Waals surface area contributed by atoms with Crippen molar-refractivity contribution >= 4 is 0 Å². The summed E-state index contributed by atoms with van der Waals surface area (Å²) >= 11 is 0. The molecule has 3 nitrogen and oxygen atoms in total. The topological polar surface area (TPSA) is 28.2 Å². The molecular weight excluding hydrogens is 186 g/mol. The van der Waals surface area contributed by atoms with Gasteiger partial charge >= 0.3 is 0 Å². The van der Waals surface area contributed by atoms with Crippen LogP contribution in [0, 0.1) is 0 Å². The van der Waals surface area contributed by atoms with E-state index in [9.17, 15) is 0 Å². The van der Waals surface area contributed by atoms with E-state index in [4.69, 9.17) is 0 Å². The van der Waals surface area contributed by atoms with Crippen molar-refractivity contribution in [2.75, 3.05) is 20.1 Å². The lowest BCUT2D eigenvalue weighted by molar-refractivity contribution is 0.196. The molecule has 1 saturated heterocycles. The van der Waals surface area contributed by atoms with Crippen LogP contribution in [0.15, 0.2) is 24.5 Å². The predicted octanol–water partition coefficient (Wildman–Crippen LogP) is 1.27. The van der Waals surface area contributed by atoms with Crippen molar-refractivity contribution in [2.24, 2.45) is 0 Å². The molecule has 0 aromatic carbocycles. The Morgan fingerprint density at radius 2 is 2.27 bits per heavy atom. The molecule has 1 atom stereocenters. The van der Waals surface area contributed by atoms with E-state index < -0.39 is 0 Å². The fraction of sp³-hybridized carbons (Fsp3) is 0.583. The molecule has 1 aliphatic rings. The molecule has 0 unspecified atom stereocenters. The number of pyridine rings is 1. The van der Waals surface area contributed by atoms with Crippen molar-refractivity contribution in [3.63, 3.8) is 0 Å². The number of hydrogen-bond acceptors (Lipinski definition) is 3. The molecule has 82 valence electrons. The largest absolute Gasteiger partial charge is 0.315 e. The number of aromatic nitrogens is 1. The molecule has 2 rings (SSSR count). The first kappa shape index (κ1) is 10.6. The van der Waals surface area contributed by atoms with Crippen LogP contribution < -0.4 is 5.32 Å². The molecule has 1 N–H and O–H groups in total. The van der Waals surface area contributed by atoms with Gasteiger partial charge in [0.25, 0.3) is 0 Å². The van der Waals surface area contributed by atoms with Gasteiger partial charge in [-0.25, -0.2) is 0 Å². The van der Waals surface area contributed by atoms with Gasteiger partial charge in [-0.3, -0.25) is 9.88 Å². The van der Waals surface area contributed by atoms with Gasteiger partial charge in [-0.15, -0.1) is 0 Å². The van der Waals surface area contributed by atoms with Gasteiger partial charge in [-0.1, -0.05) is 0 Å². The van der Waals surface area contributed by atoms with Gasteiger partial charge in [0.2, 0.25) is 0 Å². The van der Waals surface area contributed by atoms with Crippen LogP contribution in [0.5, 0.6) is 0 Å². The summed E-state index contributed by atoms with van der Waals surface area (Å²) in [5.41, 5.74) is 1.35. The SMILES string of the molecule is CN(Cc1ccncc1)[C@@H]1CCCNC1. The van der Waals surface area contributed by atoms with Crippen LogP contribution in [-0.2, 0) is 6.54 Å². The minimum absolute atomic E-state index is 0.687. The van der Waals surface area contributed by atoms with Crippen molar-refractivity contribution in [3.05, 3.63) is 30.1 Å². The zero-order valence-electron chi connectivity index (χ0n) is 9.32. The van der Waals surface area contributed by atoms with Gasteiger partial charge in [0, 0.05) is 31.5 Å². The number of hydrogen-bond donors (Lipinski definition) is 1. The quantitative estimate of drug-likeness (QED) is 0.805. The Bertz CT molecular complexity index is 280. The van der Waals surface area contributed by atoms with Crippen LogP contribution in [-0.4, -0.2) is 36.1 Å². The first-order chi connectivity index (χ1) is 7.36. The fourth-order valence-electron chi connectivity index (χ4n) is 2.11. The summed E-state index contributed by atoms with van der Waals surface area (Å²) in [6.07, 6.45) is 6.34. The normalized spacial score (nSPS) is 21.9. The van der Waals surface area contributed by atoms with E-state index in [-0.39, 0.29) is 0 Å². The molecule has 15 heavy (non-hydrogen) atoms. The van der Waals surface area contributed by atoms with E-state index in [0.29, 0.717) is 6.04 Å². The molecule has 0 bridgehead atoms. The van der Waals surface area contributed by atoms with Gasteiger partial charge in [0.15, 0.2) is 0 Å². The minimum atomic E-state index is 0.687. The third-order valence-electron chi connectivity index (χ3n) is 3.08. The number of rotatable bonds is 3. The van der Waals surface area contributed by atoms with Crippen LogP contribution in [0.2, 0.25) is 0 Å². The standard InChI is InChI=1S/C12H19N3/c1-15(12-3-2-6-14-9-12)10-11-4-7-13-8-5-11/h4-5,7-8,12,14H,2-3,6,9-10H2,1H3/t12-/m1/s1. The lowest BCUT2D eigenvalue weighted by Crippen LogP contribution is -2.43. The minimum Gasteiger partial charge on any atom is -0.315 e. The summed E-state index contributed by atoms with van der Waals surface area (Å²) in [4.78, 5) is 6.47. The lowest BCUT2D eigenvalue weighted by Gasteiger charge is -2.31. The molecule has 1 fully saturated rings. The third kappa shape index (κ3) is 3.01. The van der Waals surface area contributed by atoms with Crippen LogP contribution >= 0.6 is 0 Å². The summed E-state index contributed by atoms with van der Waals surface area (Å²) in [6, 6.07) is 4.87. The number of nitrogens with one attached hydrogen (secondary N) is 1. The average Bonchev–Trinajstić information content (AvgIpc) is 2.31. The maximum Gasteiger partial charge on any atom is 0.0271 e. The van der Waals surface area contributed by atoms with Gasteiger partial charge in [0.05, 0.1) is 0 Å². The fourth-order valence-corrected chi connectivity index (χ4v) is 2.11. The molecule has 1 aromatic rings. The van der Waals surface area contributed by atoms with Crippen LogP contribution in [0.3, 0.4) is 0 Å². The second-order valence-electron chi connectivity index (χ2n) is 4.27. The molecular formula is C12H19N3. The van der Waals surface area contributed by atoms with E-state index in [1.807, 2.05) is 12.4 Å². The van der Waals surface area contributed by atoms with Crippen LogP contribution in [0.25, 0.3) is 0 Å². The molecule has 0 amide bonds. The summed E-state index contributed by atoms with van der Waals surface area (Å²) in [5, 5.41) is 3.45. The Hall–Kier alpha value is -0.930. The van der Waals surface area contributed by atoms with Crippen molar-refractivity contribution in [1.82, 2.24) is 15.2 Å². The van der Waals surface area contributed by atoms with Crippen molar-refractivity contribution in [3.8, 4) is 0 Å². The average molecular weight is 205 g/mol. The van der Waals surface area contributed by atoms with Crippen LogP contribution in [0.1, 0.15) is 18.4 Å². The zero-order valence-corrected chi connectivity index (χ0v) is 9.32. The highest BCUT2D eigenvalue weighted by atomic mass is 15.2. The smallest absolute Gasteiger partial charge is 0.0271 e. The van der Waals surface area contributed by atoms with E-state index in [0.717, 1.165) is 13.1 Å². The molecule has 0 spiro atoms.